The summed E-state index contributed by atoms with van der Waals surface area (Å²) in [5, 5.41) is 0.579. The second kappa shape index (κ2) is 8.63. The molecule has 0 amide bonds. The number of benzene rings is 3. The average Bonchev–Trinajstić information content (AvgIpc) is 2.70. The van der Waals surface area contributed by atoms with E-state index in [1.165, 1.54) is 25.3 Å². The van der Waals surface area contributed by atoms with Crippen molar-refractivity contribution in [3.63, 3.8) is 0 Å². The normalized spacial score (nSPS) is 13.2. The highest BCUT2D eigenvalue weighted by Crippen LogP contribution is 2.41. The van der Waals surface area contributed by atoms with Crippen LogP contribution in [-0.4, -0.2) is 19.0 Å². The van der Waals surface area contributed by atoms with Crippen LogP contribution >= 0.6 is 15.9 Å². The first-order valence-electron chi connectivity index (χ1n) is 8.47. The quantitative estimate of drug-likeness (QED) is 0.353. The van der Waals surface area contributed by atoms with E-state index in [0.29, 0.717) is 23.1 Å². The van der Waals surface area contributed by atoms with Crippen LogP contribution in [0.5, 0.6) is 5.75 Å². The average molecular weight is 433 g/mol. The summed E-state index contributed by atoms with van der Waals surface area (Å²) < 4.78 is 40.0. The summed E-state index contributed by atoms with van der Waals surface area (Å²) in [6.07, 6.45) is 0. The van der Waals surface area contributed by atoms with Crippen molar-refractivity contribution >= 4 is 15.9 Å². The maximum Gasteiger partial charge on any atom is 0.165 e. The minimum atomic E-state index is -1.16. The first kappa shape index (κ1) is 19.5. The Labute approximate surface area is 165 Å². The molecular formula is C22H19BrF2O2. The van der Waals surface area contributed by atoms with Crippen molar-refractivity contribution in [1.29, 1.82) is 0 Å². The molecule has 0 aliphatic heterocycles. The summed E-state index contributed by atoms with van der Waals surface area (Å²) in [6, 6.07) is 20.3. The van der Waals surface area contributed by atoms with Crippen LogP contribution in [0.1, 0.15) is 16.7 Å². The van der Waals surface area contributed by atoms with E-state index in [1.54, 1.807) is 24.3 Å². The second-order valence-corrected chi connectivity index (χ2v) is 6.74. The third kappa shape index (κ3) is 3.89. The molecule has 0 heterocycles. The SMILES string of the molecule is COc1ccc(C(OCCBr)(c2ccccc2)c2cccc(F)c2)cc1F. The van der Waals surface area contributed by atoms with E-state index >= 15 is 0 Å². The molecule has 0 saturated carbocycles. The number of ether oxygens (including phenoxy) is 2. The van der Waals surface area contributed by atoms with E-state index in [4.69, 9.17) is 9.47 Å². The number of alkyl halides is 1. The first-order valence-corrected chi connectivity index (χ1v) is 9.59. The molecule has 3 aromatic rings. The molecule has 3 rings (SSSR count). The summed E-state index contributed by atoms with van der Waals surface area (Å²) in [6.45, 7) is 0.346. The Morgan fingerprint density at radius 3 is 2.19 bits per heavy atom. The van der Waals surface area contributed by atoms with Gasteiger partial charge >= 0.3 is 0 Å². The first-order chi connectivity index (χ1) is 13.1. The fourth-order valence-electron chi connectivity index (χ4n) is 3.21. The molecule has 5 heteroatoms. The molecule has 0 N–H and O–H groups in total. The topological polar surface area (TPSA) is 18.5 Å². The van der Waals surface area contributed by atoms with Crippen molar-refractivity contribution in [2.45, 2.75) is 5.60 Å². The molecule has 0 saturated heterocycles. The van der Waals surface area contributed by atoms with Crippen molar-refractivity contribution in [2.75, 3.05) is 19.0 Å². The van der Waals surface area contributed by atoms with Crippen LogP contribution in [0, 0.1) is 11.6 Å². The lowest BCUT2D eigenvalue weighted by Gasteiger charge is -2.36. The smallest absolute Gasteiger partial charge is 0.165 e. The maximum absolute atomic E-state index is 14.5. The molecule has 1 atom stereocenters. The minimum absolute atomic E-state index is 0.139. The van der Waals surface area contributed by atoms with Gasteiger partial charge in [0.15, 0.2) is 11.6 Å². The molecular weight excluding hydrogens is 414 g/mol. The predicted molar refractivity (Wildman–Crippen MR) is 105 cm³/mol. The van der Waals surface area contributed by atoms with E-state index in [9.17, 15) is 8.78 Å². The van der Waals surface area contributed by atoms with Gasteiger partial charge in [-0.15, -0.1) is 0 Å². The van der Waals surface area contributed by atoms with Gasteiger partial charge in [0.05, 0.1) is 13.7 Å². The number of rotatable bonds is 7. The predicted octanol–water partition coefficient (Wildman–Crippen LogP) is 5.68. The fourth-order valence-corrected chi connectivity index (χ4v) is 3.37. The Bertz CT molecular complexity index is 902. The van der Waals surface area contributed by atoms with Crippen molar-refractivity contribution < 1.29 is 18.3 Å². The molecule has 0 fully saturated rings. The van der Waals surface area contributed by atoms with Gasteiger partial charge in [0.1, 0.15) is 11.4 Å². The molecule has 0 bridgehead atoms. The van der Waals surface area contributed by atoms with Gasteiger partial charge in [0.25, 0.3) is 0 Å². The van der Waals surface area contributed by atoms with Gasteiger partial charge in [-0.3, -0.25) is 0 Å². The largest absolute Gasteiger partial charge is 0.494 e. The van der Waals surface area contributed by atoms with Crippen molar-refractivity contribution in [2.24, 2.45) is 0 Å². The van der Waals surface area contributed by atoms with E-state index in [1.807, 2.05) is 30.3 Å². The molecule has 140 valence electrons. The summed E-state index contributed by atoms with van der Waals surface area (Å²) in [4.78, 5) is 0. The summed E-state index contributed by atoms with van der Waals surface area (Å²) in [5.41, 5.74) is 0.753. The van der Waals surface area contributed by atoms with Crippen molar-refractivity contribution in [1.82, 2.24) is 0 Å². The van der Waals surface area contributed by atoms with E-state index < -0.39 is 11.4 Å². The third-order valence-corrected chi connectivity index (χ3v) is 4.69. The molecule has 0 aliphatic carbocycles. The number of halogens is 3. The summed E-state index contributed by atoms with van der Waals surface area (Å²) in [5.74, 6) is -0.751. The standard InChI is InChI=1S/C22H19BrF2O2/c1-26-21-11-10-18(15-20(21)25)22(27-13-12-23,16-6-3-2-4-7-16)17-8-5-9-19(24)14-17/h2-11,14-15H,12-13H2,1H3. The molecule has 0 aliphatic rings. The van der Waals surface area contributed by atoms with E-state index in [0.717, 1.165) is 5.56 Å². The second-order valence-electron chi connectivity index (χ2n) is 5.94. The van der Waals surface area contributed by atoms with Gasteiger partial charge in [0.2, 0.25) is 0 Å². The highest BCUT2D eigenvalue weighted by Gasteiger charge is 2.38. The lowest BCUT2D eigenvalue weighted by Crippen LogP contribution is -2.34. The summed E-state index contributed by atoms with van der Waals surface area (Å²) >= 11 is 3.38. The fraction of sp³-hybridized carbons (Fsp3) is 0.182. The molecule has 0 spiro atoms. The van der Waals surface area contributed by atoms with Gasteiger partial charge in [-0.25, -0.2) is 8.78 Å². The summed E-state index contributed by atoms with van der Waals surface area (Å²) in [7, 11) is 1.41. The van der Waals surface area contributed by atoms with Crippen LogP contribution in [0.4, 0.5) is 8.78 Å². The van der Waals surface area contributed by atoms with Crippen LogP contribution in [-0.2, 0) is 10.3 Å². The van der Waals surface area contributed by atoms with Crippen LogP contribution < -0.4 is 4.74 Å². The Balaban J connectivity index is 2.31. The molecule has 1 unspecified atom stereocenters. The Hall–Kier alpha value is -2.24. The van der Waals surface area contributed by atoms with Crippen LogP contribution in [0.25, 0.3) is 0 Å². The minimum Gasteiger partial charge on any atom is -0.494 e. The van der Waals surface area contributed by atoms with Crippen molar-refractivity contribution in [3.8, 4) is 5.75 Å². The van der Waals surface area contributed by atoms with Crippen LogP contribution in [0.2, 0.25) is 0 Å². The number of hydrogen-bond donors (Lipinski definition) is 0. The molecule has 0 radical (unpaired) electrons. The lowest BCUT2D eigenvalue weighted by molar-refractivity contribution is 0.0233. The zero-order valence-electron chi connectivity index (χ0n) is 14.8. The van der Waals surface area contributed by atoms with Gasteiger partial charge in [-0.05, 0) is 41.0 Å². The zero-order chi connectivity index (χ0) is 19.3. The van der Waals surface area contributed by atoms with Gasteiger partial charge in [-0.1, -0.05) is 64.5 Å². The molecule has 3 aromatic carbocycles. The Morgan fingerprint density at radius 2 is 1.56 bits per heavy atom. The number of hydrogen-bond acceptors (Lipinski definition) is 2. The van der Waals surface area contributed by atoms with Gasteiger partial charge in [-0.2, -0.15) is 0 Å². The molecule has 2 nitrogen and oxygen atoms in total. The Morgan fingerprint density at radius 1 is 0.852 bits per heavy atom. The third-order valence-electron chi connectivity index (χ3n) is 4.37. The van der Waals surface area contributed by atoms with E-state index in [-0.39, 0.29) is 11.6 Å². The molecule has 27 heavy (non-hydrogen) atoms. The monoisotopic (exact) mass is 432 g/mol. The van der Waals surface area contributed by atoms with Crippen LogP contribution in [0.15, 0.2) is 72.8 Å². The van der Waals surface area contributed by atoms with Gasteiger partial charge < -0.3 is 9.47 Å². The maximum atomic E-state index is 14.5. The Kier molecular flexibility index (Phi) is 6.24. The molecule has 0 aromatic heterocycles. The number of methoxy groups -OCH3 is 1. The zero-order valence-corrected chi connectivity index (χ0v) is 16.4. The van der Waals surface area contributed by atoms with Gasteiger partial charge in [0, 0.05) is 5.33 Å². The lowest BCUT2D eigenvalue weighted by atomic mass is 9.80. The van der Waals surface area contributed by atoms with Crippen molar-refractivity contribution in [3.05, 3.63) is 101 Å². The van der Waals surface area contributed by atoms with E-state index in [2.05, 4.69) is 15.9 Å². The van der Waals surface area contributed by atoms with Crippen LogP contribution in [0.3, 0.4) is 0 Å². The highest BCUT2D eigenvalue weighted by atomic mass is 79.9. The highest BCUT2D eigenvalue weighted by molar-refractivity contribution is 9.09.